The fourth-order valence-electron chi connectivity index (χ4n) is 2.83. The molecule has 0 unspecified atom stereocenters. The summed E-state index contributed by atoms with van der Waals surface area (Å²) in [5.41, 5.74) is 1.10. The molecule has 1 amide bonds. The first-order valence-corrected chi connectivity index (χ1v) is 10.1. The molecule has 30 heavy (non-hydrogen) atoms. The van der Waals surface area contributed by atoms with E-state index >= 15 is 0 Å². The van der Waals surface area contributed by atoms with Crippen LogP contribution in [0.4, 0.5) is 13.2 Å². The number of carbonyl (C=O) groups excluding carboxylic acids is 1. The maximum Gasteiger partial charge on any atom is 0.416 e. The second-order valence-corrected chi connectivity index (χ2v) is 7.72. The number of hydrogen-bond donors (Lipinski definition) is 1. The number of thiazole rings is 1. The molecule has 4 rings (SSSR count). The molecule has 1 N–H and O–H groups in total. The molecule has 5 nitrogen and oxygen atoms in total. The molecule has 0 aliphatic rings. The average Bonchev–Trinajstić information content (AvgIpc) is 3.29. The Kier molecular flexibility index (Phi) is 5.48. The minimum Gasteiger partial charge on any atom is -0.352 e. The highest BCUT2D eigenvalue weighted by Crippen LogP contribution is 2.29. The van der Waals surface area contributed by atoms with Gasteiger partial charge in [-0.25, -0.2) is 4.52 Å². The Morgan fingerprint density at radius 2 is 1.80 bits per heavy atom. The van der Waals surface area contributed by atoms with Crippen LogP contribution in [0.5, 0.6) is 0 Å². The summed E-state index contributed by atoms with van der Waals surface area (Å²) < 4.78 is 39.6. The molecule has 0 spiro atoms. The van der Waals surface area contributed by atoms with E-state index in [0.717, 1.165) is 40.5 Å². The van der Waals surface area contributed by atoms with Gasteiger partial charge in [-0.3, -0.25) is 4.79 Å². The van der Waals surface area contributed by atoms with Gasteiger partial charge in [-0.15, -0.1) is 16.4 Å². The molecule has 2 aromatic heterocycles. The number of alkyl halides is 3. The van der Waals surface area contributed by atoms with E-state index in [0.29, 0.717) is 23.8 Å². The minimum atomic E-state index is -4.43. The first-order valence-electron chi connectivity index (χ1n) is 8.86. The lowest BCUT2D eigenvalue weighted by Gasteiger charge is -2.08. The summed E-state index contributed by atoms with van der Waals surface area (Å²) in [6.45, 7) is 0.307. The van der Waals surface area contributed by atoms with Gasteiger partial charge < -0.3 is 5.32 Å². The summed E-state index contributed by atoms with van der Waals surface area (Å²) in [4.78, 5) is 17.4. The van der Waals surface area contributed by atoms with Crippen LogP contribution in [-0.2, 0) is 12.6 Å². The number of rotatable bonds is 5. The highest BCUT2D eigenvalue weighted by atomic mass is 35.5. The summed E-state index contributed by atoms with van der Waals surface area (Å²) in [5.74, 6) is 0.143. The number of nitrogens with zero attached hydrogens (tertiary/aromatic N) is 3. The van der Waals surface area contributed by atoms with Gasteiger partial charge in [0.15, 0.2) is 5.82 Å². The van der Waals surface area contributed by atoms with Crippen molar-refractivity contribution < 1.29 is 18.0 Å². The Balaban J connectivity index is 1.40. The number of hydrogen-bond acceptors (Lipinski definition) is 4. The molecule has 10 heteroatoms. The van der Waals surface area contributed by atoms with Gasteiger partial charge in [0.2, 0.25) is 4.96 Å². The highest BCUT2D eigenvalue weighted by Gasteiger charge is 2.30. The van der Waals surface area contributed by atoms with Crippen molar-refractivity contribution in [1.29, 1.82) is 0 Å². The van der Waals surface area contributed by atoms with Crippen LogP contribution in [0.1, 0.15) is 21.6 Å². The van der Waals surface area contributed by atoms with E-state index in [1.807, 2.05) is 17.5 Å². The van der Waals surface area contributed by atoms with Crippen LogP contribution < -0.4 is 5.32 Å². The zero-order chi connectivity index (χ0) is 21.3. The number of aromatic nitrogens is 3. The van der Waals surface area contributed by atoms with E-state index in [1.165, 1.54) is 11.3 Å². The van der Waals surface area contributed by atoms with Crippen LogP contribution in [0.15, 0.2) is 53.9 Å². The second-order valence-electron chi connectivity index (χ2n) is 6.44. The van der Waals surface area contributed by atoms with Gasteiger partial charge in [0.25, 0.3) is 5.91 Å². The predicted molar refractivity (Wildman–Crippen MR) is 109 cm³/mol. The summed E-state index contributed by atoms with van der Waals surface area (Å²) in [5, 5.41) is 9.76. The molecule has 0 atom stereocenters. The largest absolute Gasteiger partial charge is 0.416 e. The Morgan fingerprint density at radius 1 is 1.10 bits per heavy atom. The molecule has 4 aromatic rings. The SMILES string of the molecule is O=C(NCCc1csc2nc(-c3ccc(Cl)cc3)nn12)c1ccc(C(F)(F)F)cc1. The number of fused-ring (bicyclic) bond motifs is 1. The first kappa shape index (κ1) is 20.4. The molecule has 0 aliphatic heterocycles. The van der Waals surface area contributed by atoms with Gasteiger partial charge in [-0.1, -0.05) is 11.6 Å². The van der Waals surface area contributed by atoms with Gasteiger partial charge in [-0.05, 0) is 48.5 Å². The van der Waals surface area contributed by atoms with Gasteiger partial charge in [0.05, 0.1) is 11.3 Å². The third-order valence-electron chi connectivity index (χ3n) is 4.39. The van der Waals surface area contributed by atoms with Gasteiger partial charge >= 0.3 is 6.18 Å². The van der Waals surface area contributed by atoms with Crippen molar-refractivity contribution >= 4 is 33.8 Å². The molecule has 0 radical (unpaired) electrons. The van der Waals surface area contributed by atoms with E-state index in [4.69, 9.17) is 11.6 Å². The van der Waals surface area contributed by atoms with Crippen LogP contribution in [0, 0.1) is 0 Å². The first-order chi connectivity index (χ1) is 14.3. The Labute approximate surface area is 178 Å². The quantitative estimate of drug-likeness (QED) is 0.460. The van der Waals surface area contributed by atoms with Crippen molar-refractivity contribution in [1.82, 2.24) is 19.9 Å². The van der Waals surface area contributed by atoms with E-state index in [9.17, 15) is 18.0 Å². The fraction of sp³-hybridized carbons (Fsp3) is 0.150. The van der Waals surface area contributed by atoms with Crippen molar-refractivity contribution in [3.63, 3.8) is 0 Å². The summed E-state index contributed by atoms with van der Waals surface area (Å²) >= 11 is 7.34. The molecule has 0 bridgehead atoms. The lowest BCUT2D eigenvalue weighted by molar-refractivity contribution is -0.137. The minimum absolute atomic E-state index is 0.171. The fourth-order valence-corrected chi connectivity index (χ4v) is 3.82. The second kappa shape index (κ2) is 8.08. The van der Waals surface area contributed by atoms with Crippen LogP contribution in [-0.4, -0.2) is 27.0 Å². The highest BCUT2D eigenvalue weighted by molar-refractivity contribution is 7.15. The van der Waals surface area contributed by atoms with Crippen LogP contribution in [0.2, 0.25) is 5.02 Å². The zero-order valence-electron chi connectivity index (χ0n) is 15.3. The van der Waals surface area contributed by atoms with Crippen molar-refractivity contribution in [2.45, 2.75) is 12.6 Å². The number of benzene rings is 2. The van der Waals surface area contributed by atoms with E-state index in [1.54, 1.807) is 16.6 Å². The standard InChI is InChI=1S/C20H14ClF3N4OS/c21-15-7-3-12(4-8-15)17-26-19-28(27-17)16(11-30-19)9-10-25-18(29)13-1-5-14(6-2-13)20(22,23)24/h1-8,11H,9-10H2,(H,25,29). The van der Waals surface area contributed by atoms with Crippen LogP contribution in [0.3, 0.4) is 0 Å². The van der Waals surface area contributed by atoms with Crippen LogP contribution >= 0.6 is 22.9 Å². The third-order valence-corrected chi connectivity index (χ3v) is 5.51. The number of carbonyl (C=O) groups is 1. The molecule has 0 saturated heterocycles. The number of amides is 1. The monoisotopic (exact) mass is 450 g/mol. The van der Waals surface area contributed by atoms with Gasteiger partial charge in [0.1, 0.15) is 0 Å². The van der Waals surface area contributed by atoms with Gasteiger partial charge in [-0.2, -0.15) is 18.2 Å². The van der Waals surface area contributed by atoms with Crippen LogP contribution in [0.25, 0.3) is 16.3 Å². The lowest BCUT2D eigenvalue weighted by atomic mass is 10.1. The summed E-state index contributed by atoms with van der Waals surface area (Å²) in [7, 11) is 0. The van der Waals surface area contributed by atoms with Crippen molar-refractivity contribution in [2.75, 3.05) is 6.54 Å². The summed E-state index contributed by atoms with van der Waals surface area (Å²) in [6, 6.07) is 11.3. The topological polar surface area (TPSA) is 59.3 Å². The molecular formula is C20H14ClF3N4OS. The van der Waals surface area contributed by atoms with Crippen molar-refractivity contribution in [3.8, 4) is 11.4 Å². The molecule has 0 saturated carbocycles. The predicted octanol–water partition coefficient (Wildman–Crippen LogP) is 5.10. The zero-order valence-corrected chi connectivity index (χ0v) is 16.9. The van der Waals surface area contributed by atoms with Crippen molar-refractivity contribution in [3.05, 3.63) is 75.8 Å². The maximum absolute atomic E-state index is 12.6. The molecule has 0 fully saturated rings. The van der Waals surface area contributed by atoms with E-state index in [2.05, 4.69) is 15.4 Å². The molecule has 0 aliphatic carbocycles. The summed E-state index contributed by atoms with van der Waals surface area (Å²) in [6.07, 6.45) is -3.93. The molecular weight excluding hydrogens is 437 g/mol. The Hall–Kier alpha value is -2.91. The van der Waals surface area contributed by atoms with E-state index < -0.39 is 17.6 Å². The lowest BCUT2D eigenvalue weighted by Crippen LogP contribution is -2.26. The number of halogens is 4. The third kappa shape index (κ3) is 4.31. The molecule has 2 heterocycles. The average molecular weight is 451 g/mol. The number of nitrogens with one attached hydrogen (secondary N) is 1. The Bertz CT molecular complexity index is 1180. The molecule has 154 valence electrons. The smallest absolute Gasteiger partial charge is 0.352 e. The Morgan fingerprint density at radius 3 is 2.47 bits per heavy atom. The van der Waals surface area contributed by atoms with Crippen molar-refractivity contribution in [2.24, 2.45) is 0 Å². The maximum atomic E-state index is 12.6. The molecule has 2 aromatic carbocycles. The van der Waals surface area contributed by atoms with Gasteiger partial charge in [0, 0.05) is 34.5 Å². The van der Waals surface area contributed by atoms with E-state index in [-0.39, 0.29) is 5.56 Å². The normalized spacial score (nSPS) is 11.7.